The minimum Gasteiger partial charge on any atom is -0.418 e. The second-order valence-electron chi connectivity index (χ2n) is 2.32. The van der Waals surface area contributed by atoms with Crippen LogP contribution in [0.1, 0.15) is 6.92 Å². The molecule has 0 bridgehead atoms. The lowest BCUT2D eigenvalue weighted by Crippen LogP contribution is -2.22. The van der Waals surface area contributed by atoms with E-state index in [2.05, 4.69) is 6.58 Å². The van der Waals surface area contributed by atoms with E-state index in [0.29, 0.717) is 6.61 Å². The van der Waals surface area contributed by atoms with E-state index in [0.717, 1.165) is 0 Å². The molecule has 8 heteroatoms. The van der Waals surface area contributed by atoms with Crippen LogP contribution in [0.5, 0.6) is 0 Å². The molecule has 0 saturated carbocycles. The first-order valence-electron chi connectivity index (χ1n) is 4.08. The molecule has 1 heterocycles. The second-order valence-corrected chi connectivity index (χ2v) is 2.32. The maximum Gasteiger partial charge on any atom is 0.673 e. The lowest BCUT2D eigenvalue weighted by molar-refractivity contribution is -0.568. The average Bonchev–Trinajstić information content (AvgIpc) is 2.50. The van der Waals surface area contributed by atoms with Crippen LogP contribution < -0.4 is 9.40 Å². The SMILES string of the molecule is C=C[n+]1ccn(OCC)c1.F[B-](F)(F)F. The Morgan fingerprint density at radius 3 is 2.33 bits per heavy atom. The van der Waals surface area contributed by atoms with Crippen LogP contribution in [0, 0.1) is 0 Å². The molecule has 0 N–H and O–H groups in total. The van der Waals surface area contributed by atoms with Gasteiger partial charge in [0.2, 0.25) is 0 Å². The van der Waals surface area contributed by atoms with Gasteiger partial charge in [-0.3, -0.25) is 0 Å². The van der Waals surface area contributed by atoms with Gasteiger partial charge >= 0.3 is 7.25 Å². The van der Waals surface area contributed by atoms with Crippen LogP contribution in [0.2, 0.25) is 0 Å². The van der Waals surface area contributed by atoms with Gasteiger partial charge in [0.15, 0.2) is 6.20 Å². The normalized spacial score (nSPS) is 10.2. The second kappa shape index (κ2) is 6.10. The van der Waals surface area contributed by atoms with Gasteiger partial charge in [0.25, 0.3) is 6.33 Å². The topological polar surface area (TPSA) is 18.0 Å². The summed E-state index contributed by atoms with van der Waals surface area (Å²) in [5, 5.41) is 0. The molecule has 0 atom stereocenters. The number of hydrogen-bond donors (Lipinski definition) is 0. The van der Waals surface area contributed by atoms with Crippen LogP contribution in [-0.4, -0.2) is 18.6 Å². The minimum absolute atomic E-state index is 0.672. The van der Waals surface area contributed by atoms with Gasteiger partial charge < -0.3 is 22.1 Å². The van der Waals surface area contributed by atoms with E-state index in [1.54, 1.807) is 17.3 Å². The maximum absolute atomic E-state index is 9.75. The van der Waals surface area contributed by atoms with Crippen molar-refractivity contribution in [2.75, 3.05) is 6.61 Å². The molecule has 0 fully saturated rings. The van der Waals surface area contributed by atoms with E-state index in [4.69, 9.17) is 4.84 Å². The van der Waals surface area contributed by atoms with Gasteiger partial charge in [-0.2, -0.15) is 0 Å². The van der Waals surface area contributed by atoms with Crippen molar-refractivity contribution in [1.29, 1.82) is 0 Å². The summed E-state index contributed by atoms with van der Waals surface area (Å²) in [6.45, 7) is 6.21. The van der Waals surface area contributed by atoms with Gasteiger partial charge in [0, 0.05) is 0 Å². The van der Waals surface area contributed by atoms with Gasteiger partial charge in [-0.25, -0.2) is 4.57 Å². The molecule has 1 rings (SSSR count). The Balaban J connectivity index is 0.000000336. The Morgan fingerprint density at radius 1 is 1.47 bits per heavy atom. The molecule has 1 aromatic rings. The number of aromatic nitrogens is 2. The highest BCUT2D eigenvalue weighted by Gasteiger charge is 2.20. The summed E-state index contributed by atoms with van der Waals surface area (Å²) in [6, 6.07) is 0. The summed E-state index contributed by atoms with van der Waals surface area (Å²) in [4.78, 5) is 5.14. The quantitative estimate of drug-likeness (QED) is 0.435. The van der Waals surface area contributed by atoms with E-state index >= 15 is 0 Å². The highest BCUT2D eigenvalue weighted by Crippen LogP contribution is 2.06. The number of hydrogen-bond acceptors (Lipinski definition) is 1. The number of nitrogens with zero attached hydrogens (tertiary/aromatic N) is 2. The highest BCUT2D eigenvalue weighted by atomic mass is 19.5. The first kappa shape index (κ1) is 13.5. The Hall–Kier alpha value is -1.47. The van der Waals surface area contributed by atoms with Crippen LogP contribution in [0.3, 0.4) is 0 Å². The van der Waals surface area contributed by atoms with Gasteiger partial charge in [-0.1, -0.05) is 11.3 Å². The van der Waals surface area contributed by atoms with Crippen molar-refractivity contribution in [2.24, 2.45) is 0 Å². The summed E-state index contributed by atoms with van der Waals surface area (Å²) in [7, 11) is -6.00. The third kappa shape index (κ3) is 8.85. The molecule has 0 saturated heterocycles. The molecular formula is C7H11BF4N2O. The van der Waals surface area contributed by atoms with Crippen LogP contribution >= 0.6 is 0 Å². The van der Waals surface area contributed by atoms with Crippen LogP contribution in [0.15, 0.2) is 25.3 Å². The van der Waals surface area contributed by atoms with E-state index in [1.165, 1.54) is 0 Å². The van der Waals surface area contributed by atoms with Crippen LogP contribution in [-0.2, 0) is 0 Å². The largest absolute Gasteiger partial charge is 0.673 e. The Labute approximate surface area is 84.6 Å². The standard InChI is InChI=1S/C7H11N2O.BF4/c1-3-8-5-6-9(7-8)10-4-2;2-1(3,4)5/h3,5-7H,1,4H2,2H3;/q+1;-1. The zero-order valence-electron chi connectivity index (χ0n) is 8.12. The number of rotatable bonds is 3. The van der Waals surface area contributed by atoms with Crippen LogP contribution in [0.25, 0.3) is 6.20 Å². The zero-order chi connectivity index (χ0) is 11.9. The van der Waals surface area contributed by atoms with Gasteiger partial charge in [-0.15, -0.1) is 0 Å². The first-order chi connectivity index (χ1) is 6.86. The van der Waals surface area contributed by atoms with Crippen molar-refractivity contribution in [3.05, 3.63) is 25.3 Å². The van der Waals surface area contributed by atoms with Crippen molar-refractivity contribution in [3.63, 3.8) is 0 Å². The lowest BCUT2D eigenvalue weighted by atomic mass is 10.3. The van der Waals surface area contributed by atoms with E-state index < -0.39 is 7.25 Å². The summed E-state index contributed by atoms with van der Waals surface area (Å²) >= 11 is 0. The fourth-order valence-electron chi connectivity index (χ4n) is 0.685. The molecule has 0 unspecified atom stereocenters. The minimum atomic E-state index is -6.00. The molecule has 1 aromatic heterocycles. The number of imidazole rings is 1. The molecule has 0 amide bonds. The van der Waals surface area contributed by atoms with Crippen molar-refractivity contribution in [3.8, 4) is 0 Å². The summed E-state index contributed by atoms with van der Waals surface area (Å²) < 4.78 is 42.5. The Morgan fingerprint density at radius 2 is 2.00 bits per heavy atom. The van der Waals surface area contributed by atoms with Crippen LogP contribution in [0.4, 0.5) is 17.3 Å². The molecule has 0 spiro atoms. The van der Waals surface area contributed by atoms with Crippen molar-refractivity contribution in [1.82, 2.24) is 4.73 Å². The predicted molar refractivity (Wildman–Crippen MR) is 48.3 cm³/mol. The summed E-state index contributed by atoms with van der Waals surface area (Å²) in [6.07, 6.45) is 7.19. The van der Waals surface area contributed by atoms with Gasteiger partial charge in [0.05, 0.1) is 6.20 Å². The molecule has 0 aliphatic heterocycles. The average molecular weight is 226 g/mol. The lowest BCUT2D eigenvalue weighted by Gasteiger charge is -1.94. The van der Waals surface area contributed by atoms with Crippen molar-refractivity contribution in [2.45, 2.75) is 6.92 Å². The predicted octanol–water partition coefficient (Wildman–Crippen LogP) is 1.62. The Bertz CT molecular complexity index is 293. The van der Waals surface area contributed by atoms with Crippen molar-refractivity contribution < 1.29 is 26.7 Å². The van der Waals surface area contributed by atoms with E-state index in [1.807, 2.05) is 23.9 Å². The van der Waals surface area contributed by atoms with E-state index in [9.17, 15) is 17.3 Å². The molecular weight excluding hydrogens is 215 g/mol. The summed E-state index contributed by atoms with van der Waals surface area (Å²) in [5.74, 6) is 0. The molecule has 0 aliphatic carbocycles. The van der Waals surface area contributed by atoms with Gasteiger partial charge in [-0.05, 0) is 6.92 Å². The smallest absolute Gasteiger partial charge is 0.418 e. The molecule has 3 nitrogen and oxygen atoms in total. The monoisotopic (exact) mass is 226 g/mol. The van der Waals surface area contributed by atoms with E-state index in [-0.39, 0.29) is 0 Å². The van der Waals surface area contributed by atoms with Gasteiger partial charge in [0.1, 0.15) is 12.8 Å². The fourth-order valence-corrected chi connectivity index (χ4v) is 0.685. The third-order valence-corrected chi connectivity index (χ3v) is 1.12. The maximum atomic E-state index is 9.75. The third-order valence-electron chi connectivity index (χ3n) is 1.12. The summed E-state index contributed by atoms with van der Waals surface area (Å²) in [5.41, 5.74) is 0. The molecule has 15 heavy (non-hydrogen) atoms. The molecule has 0 aromatic carbocycles. The highest BCUT2D eigenvalue weighted by molar-refractivity contribution is 6.50. The van der Waals surface area contributed by atoms with Crippen molar-refractivity contribution >= 4 is 13.5 Å². The number of halogens is 4. The first-order valence-corrected chi connectivity index (χ1v) is 4.08. The Kier molecular flexibility index (Phi) is 5.50. The zero-order valence-corrected chi connectivity index (χ0v) is 8.12. The molecule has 0 radical (unpaired) electrons. The molecule has 0 aliphatic rings. The molecule has 86 valence electrons. The fraction of sp³-hybridized carbons (Fsp3) is 0.286.